The van der Waals surface area contributed by atoms with Gasteiger partial charge in [-0.2, -0.15) is 0 Å². The van der Waals surface area contributed by atoms with E-state index in [9.17, 15) is 29.1 Å². The van der Waals surface area contributed by atoms with Gasteiger partial charge in [-0.3, -0.25) is 29.0 Å². The van der Waals surface area contributed by atoms with Gasteiger partial charge in [-0.25, -0.2) is 4.79 Å². The van der Waals surface area contributed by atoms with E-state index in [1.54, 1.807) is 0 Å². The molecule has 4 amide bonds. The normalized spacial score (nSPS) is 15.1. The van der Waals surface area contributed by atoms with Crippen molar-refractivity contribution in [3.63, 3.8) is 0 Å². The van der Waals surface area contributed by atoms with Crippen LogP contribution >= 0.6 is 0 Å². The molecule has 29 heavy (non-hydrogen) atoms. The summed E-state index contributed by atoms with van der Waals surface area (Å²) in [6, 6.07) is 6.64. The highest BCUT2D eigenvalue weighted by Gasteiger charge is 2.37. The SMILES string of the molecule is CN1C(=O)c2ccc(C(=O)Oc3ccc4c(c3CO)C(=O)N(C)C4=O)cc2C1=O. The molecule has 0 spiro atoms. The number of benzene rings is 2. The summed E-state index contributed by atoms with van der Waals surface area (Å²) in [4.78, 5) is 62.9. The van der Waals surface area contributed by atoms with Crippen LogP contribution in [-0.2, 0) is 6.61 Å². The maximum Gasteiger partial charge on any atom is 0.343 e. The summed E-state index contributed by atoms with van der Waals surface area (Å²) in [5.41, 5.74) is 0.419. The highest BCUT2D eigenvalue weighted by Crippen LogP contribution is 2.32. The van der Waals surface area contributed by atoms with Crippen molar-refractivity contribution in [3.05, 3.63) is 63.7 Å². The van der Waals surface area contributed by atoms with Crippen LogP contribution in [0.3, 0.4) is 0 Å². The van der Waals surface area contributed by atoms with Gasteiger partial charge >= 0.3 is 5.97 Å². The van der Waals surface area contributed by atoms with Gasteiger partial charge < -0.3 is 9.84 Å². The van der Waals surface area contributed by atoms with Crippen LogP contribution < -0.4 is 4.74 Å². The topological polar surface area (TPSA) is 121 Å². The largest absolute Gasteiger partial charge is 0.423 e. The molecule has 4 rings (SSSR count). The fourth-order valence-electron chi connectivity index (χ4n) is 3.39. The second kappa shape index (κ2) is 6.35. The molecular weight excluding hydrogens is 380 g/mol. The molecule has 2 aliphatic heterocycles. The number of amides is 4. The third-order valence-electron chi connectivity index (χ3n) is 5.01. The zero-order chi connectivity index (χ0) is 21.0. The second-order valence-electron chi connectivity index (χ2n) is 6.61. The number of aliphatic hydroxyl groups is 1. The predicted molar refractivity (Wildman–Crippen MR) is 96.6 cm³/mol. The van der Waals surface area contributed by atoms with Gasteiger partial charge in [-0.15, -0.1) is 0 Å². The molecule has 0 unspecified atom stereocenters. The van der Waals surface area contributed by atoms with Crippen LogP contribution in [0.15, 0.2) is 30.3 Å². The molecule has 2 aliphatic rings. The molecule has 0 bridgehead atoms. The van der Waals surface area contributed by atoms with E-state index in [-0.39, 0.29) is 39.1 Å². The van der Waals surface area contributed by atoms with Gasteiger partial charge in [0.1, 0.15) is 5.75 Å². The lowest BCUT2D eigenvalue weighted by atomic mass is 10.0. The monoisotopic (exact) mass is 394 g/mol. The van der Waals surface area contributed by atoms with Crippen molar-refractivity contribution >= 4 is 29.6 Å². The highest BCUT2D eigenvalue weighted by molar-refractivity contribution is 6.22. The molecule has 0 saturated carbocycles. The molecule has 9 heteroatoms. The molecule has 0 saturated heterocycles. The Hall–Kier alpha value is -3.85. The average Bonchev–Trinajstić information content (AvgIpc) is 3.08. The van der Waals surface area contributed by atoms with Crippen LogP contribution in [0.2, 0.25) is 0 Å². The number of carbonyl (C=O) groups excluding carboxylic acids is 5. The maximum absolute atomic E-state index is 12.6. The van der Waals surface area contributed by atoms with Gasteiger partial charge in [0.05, 0.1) is 34.4 Å². The lowest BCUT2D eigenvalue weighted by Gasteiger charge is -2.11. The fraction of sp³-hybridized carbons (Fsp3) is 0.150. The lowest BCUT2D eigenvalue weighted by molar-refractivity contribution is 0.0676. The van der Waals surface area contributed by atoms with Gasteiger partial charge in [0.15, 0.2) is 0 Å². The van der Waals surface area contributed by atoms with Crippen LogP contribution in [-0.4, -0.2) is 58.6 Å². The first-order chi connectivity index (χ1) is 13.8. The quantitative estimate of drug-likeness (QED) is 0.465. The number of imide groups is 2. The summed E-state index contributed by atoms with van der Waals surface area (Å²) < 4.78 is 5.32. The Balaban J connectivity index is 1.69. The number of esters is 1. The second-order valence-corrected chi connectivity index (χ2v) is 6.61. The maximum atomic E-state index is 12.6. The number of fused-ring (bicyclic) bond motifs is 2. The first kappa shape index (κ1) is 18.5. The minimum atomic E-state index is -0.845. The van der Waals surface area contributed by atoms with Gasteiger partial charge in [0.25, 0.3) is 23.6 Å². The van der Waals surface area contributed by atoms with E-state index < -0.39 is 36.2 Å². The Labute approximate surface area is 164 Å². The third kappa shape index (κ3) is 2.55. The van der Waals surface area contributed by atoms with Crippen molar-refractivity contribution in [1.29, 1.82) is 0 Å². The van der Waals surface area contributed by atoms with Crippen molar-refractivity contribution in [2.75, 3.05) is 14.1 Å². The van der Waals surface area contributed by atoms with E-state index in [2.05, 4.69) is 0 Å². The van der Waals surface area contributed by atoms with Crippen LogP contribution in [0, 0.1) is 0 Å². The van der Waals surface area contributed by atoms with E-state index >= 15 is 0 Å². The van der Waals surface area contributed by atoms with E-state index in [1.807, 2.05) is 0 Å². The first-order valence-corrected chi connectivity index (χ1v) is 8.54. The molecule has 0 radical (unpaired) electrons. The molecule has 0 aliphatic carbocycles. The number of rotatable bonds is 3. The Bertz CT molecular complexity index is 1150. The number of nitrogens with zero attached hydrogens (tertiary/aromatic N) is 2. The van der Waals surface area contributed by atoms with Gasteiger partial charge in [0, 0.05) is 19.7 Å². The summed E-state index contributed by atoms with van der Waals surface area (Å²) in [5.74, 6) is -3.02. The Morgan fingerprint density at radius 2 is 1.45 bits per heavy atom. The van der Waals surface area contributed by atoms with Crippen molar-refractivity contribution in [3.8, 4) is 5.75 Å². The van der Waals surface area contributed by atoms with Crippen molar-refractivity contribution in [2.24, 2.45) is 0 Å². The molecule has 2 aromatic rings. The van der Waals surface area contributed by atoms with E-state index in [4.69, 9.17) is 4.74 Å². The Morgan fingerprint density at radius 1 is 0.862 bits per heavy atom. The lowest BCUT2D eigenvalue weighted by Crippen LogP contribution is -2.24. The average molecular weight is 394 g/mol. The van der Waals surface area contributed by atoms with Crippen LogP contribution in [0.4, 0.5) is 0 Å². The summed E-state index contributed by atoms with van der Waals surface area (Å²) in [5, 5.41) is 9.72. The molecule has 1 N–H and O–H groups in total. The zero-order valence-corrected chi connectivity index (χ0v) is 15.4. The number of carbonyl (C=O) groups is 5. The molecule has 0 fully saturated rings. The van der Waals surface area contributed by atoms with Gasteiger partial charge in [-0.1, -0.05) is 0 Å². The molecule has 146 valence electrons. The van der Waals surface area contributed by atoms with E-state index in [1.165, 1.54) is 44.4 Å². The van der Waals surface area contributed by atoms with Crippen molar-refractivity contribution in [1.82, 2.24) is 9.80 Å². The summed E-state index contributed by atoms with van der Waals surface area (Å²) in [6.45, 7) is -0.624. The van der Waals surface area contributed by atoms with Crippen LogP contribution in [0.25, 0.3) is 0 Å². The minimum absolute atomic E-state index is 0.0124. The number of hydrogen-bond donors (Lipinski definition) is 1. The molecule has 2 heterocycles. The van der Waals surface area contributed by atoms with Crippen molar-refractivity contribution in [2.45, 2.75) is 6.61 Å². The zero-order valence-electron chi connectivity index (χ0n) is 15.4. The van der Waals surface area contributed by atoms with Gasteiger partial charge in [-0.05, 0) is 30.3 Å². The minimum Gasteiger partial charge on any atom is -0.423 e. The number of hydrogen-bond acceptors (Lipinski definition) is 7. The van der Waals surface area contributed by atoms with Gasteiger partial charge in [0.2, 0.25) is 0 Å². The van der Waals surface area contributed by atoms with Crippen LogP contribution in [0.5, 0.6) is 5.75 Å². The number of ether oxygens (including phenoxy) is 1. The predicted octanol–water partition coefficient (Wildman–Crippen LogP) is 0.850. The third-order valence-corrected chi connectivity index (χ3v) is 5.01. The summed E-state index contributed by atoms with van der Waals surface area (Å²) in [6.07, 6.45) is 0. The van der Waals surface area contributed by atoms with Crippen LogP contribution in [0.1, 0.15) is 57.4 Å². The summed E-state index contributed by atoms with van der Waals surface area (Å²) in [7, 11) is 2.66. The molecular formula is C20H14N2O7. The summed E-state index contributed by atoms with van der Waals surface area (Å²) >= 11 is 0. The van der Waals surface area contributed by atoms with E-state index in [0.717, 1.165) is 9.80 Å². The molecule has 9 nitrogen and oxygen atoms in total. The highest BCUT2D eigenvalue weighted by atomic mass is 16.5. The number of aliphatic hydroxyl groups excluding tert-OH is 1. The van der Waals surface area contributed by atoms with E-state index in [0.29, 0.717) is 0 Å². The molecule has 2 aromatic carbocycles. The first-order valence-electron chi connectivity index (χ1n) is 8.54. The molecule has 0 aromatic heterocycles. The smallest absolute Gasteiger partial charge is 0.343 e. The Morgan fingerprint density at radius 3 is 2.14 bits per heavy atom. The fourth-order valence-corrected chi connectivity index (χ4v) is 3.39. The molecule has 0 atom stereocenters. The standard InChI is InChI=1S/C20H14N2O7/c1-21-16(24)10-4-3-9(7-12(10)18(21)26)20(28)29-14-6-5-11-15(13(14)8-23)19(27)22(2)17(11)25/h3-7,23H,8H2,1-2H3. The Kier molecular flexibility index (Phi) is 4.05. The van der Waals surface area contributed by atoms with Crippen molar-refractivity contribution < 1.29 is 33.8 Å².